The van der Waals surface area contributed by atoms with Gasteiger partial charge in [0.05, 0.1) is 10.5 Å². The van der Waals surface area contributed by atoms with Crippen LogP contribution in [0.25, 0.3) is 0 Å². The zero-order valence-corrected chi connectivity index (χ0v) is 12.9. The van der Waals surface area contributed by atoms with Gasteiger partial charge in [-0.25, -0.2) is 4.98 Å². The lowest BCUT2D eigenvalue weighted by Gasteiger charge is -2.23. The topological polar surface area (TPSA) is 88.4 Å². The summed E-state index contributed by atoms with van der Waals surface area (Å²) in [5.41, 5.74) is 0.0640. The molecule has 1 heterocycles. The summed E-state index contributed by atoms with van der Waals surface area (Å²) in [6.45, 7) is 9.54. The second-order valence-corrected chi connectivity index (χ2v) is 5.11. The van der Waals surface area contributed by atoms with Gasteiger partial charge in [0, 0.05) is 25.7 Å². The summed E-state index contributed by atoms with van der Waals surface area (Å²) in [5, 5.41) is 13.9. The SMILES string of the molecule is CCNc1ncc([N+](=O)[O-])cc1C(=O)N(CC)CC(C)C. The lowest BCUT2D eigenvalue weighted by atomic mass is 10.1. The molecule has 7 nitrogen and oxygen atoms in total. The molecule has 0 atom stereocenters. The molecule has 1 aromatic rings. The van der Waals surface area contributed by atoms with E-state index in [1.165, 1.54) is 6.07 Å². The standard InChI is InChI=1S/C14H22N4O3/c1-5-15-13-12(7-11(8-16-13)18(20)21)14(19)17(6-2)9-10(3)4/h7-8,10H,5-6,9H2,1-4H3,(H,15,16). The molecule has 0 aliphatic rings. The van der Waals surface area contributed by atoms with Crippen molar-refractivity contribution < 1.29 is 9.72 Å². The minimum atomic E-state index is -0.543. The Hall–Kier alpha value is -2.18. The molecule has 0 aromatic carbocycles. The highest BCUT2D eigenvalue weighted by atomic mass is 16.6. The first-order valence-electron chi connectivity index (χ1n) is 7.08. The van der Waals surface area contributed by atoms with Crippen molar-refractivity contribution in [1.82, 2.24) is 9.88 Å². The molecule has 0 aliphatic carbocycles. The number of anilines is 1. The third-order valence-electron chi connectivity index (χ3n) is 2.91. The molecule has 0 radical (unpaired) electrons. The van der Waals surface area contributed by atoms with Crippen molar-refractivity contribution in [2.75, 3.05) is 25.0 Å². The number of hydrogen-bond donors (Lipinski definition) is 1. The van der Waals surface area contributed by atoms with Gasteiger partial charge in [-0.05, 0) is 19.8 Å². The molecule has 21 heavy (non-hydrogen) atoms. The summed E-state index contributed by atoms with van der Waals surface area (Å²) in [4.78, 5) is 28.6. The van der Waals surface area contributed by atoms with E-state index in [0.717, 1.165) is 6.20 Å². The molecule has 0 aliphatic heterocycles. The number of aromatic nitrogens is 1. The van der Waals surface area contributed by atoms with Crippen molar-refractivity contribution in [3.05, 3.63) is 27.9 Å². The van der Waals surface area contributed by atoms with Gasteiger partial charge in [0.15, 0.2) is 0 Å². The first-order chi connectivity index (χ1) is 9.90. The molecular weight excluding hydrogens is 272 g/mol. The zero-order chi connectivity index (χ0) is 16.0. The third kappa shape index (κ3) is 4.40. The summed E-state index contributed by atoms with van der Waals surface area (Å²) < 4.78 is 0. The number of carbonyl (C=O) groups excluding carboxylic acids is 1. The van der Waals surface area contributed by atoms with E-state index in [2.05, 4.69) is 10.3 Å². The number of rotatable bonds is 7. The molecule has 1 amide bonds. The van der Waals surface area contributed by atoms with Crippen molar-refractivity contribution in [2.45, 2.75) is 27.7 Å². The van der Waals surface area contributed by atoms with Crippen LogP contribution in [0.4, 0.5) is 11.5 Å². The van der Waals surface area contributed by atoms with Gasteiger partial charge in [-0.2, -0.15) is 0 Å². The summed E-state index contributed by atoms with van der Waals surface area (Å²) >= 11 is 0. The number of pyridine rings is 1. The van der Waals surface area contributed by atoms with Crippen LogP contribution in [-0.4, -0.2) is 40.3 Å². The quantitative estimate of drug-likeness (QED) is 0.616. The maximum Gasteiger partial charge on any atom is 0.288 e. The van der Waals surface area contributed by atoms with Gasteiger partial charge < -0.3 is 10.2 Å². The van der Waals surface area contributed by atoms with E-state index >= 15 is 0 Å². The largest absolute Gasteiger partial charge is 0.370 e. The molecule has 116 valence electrons. The Morgan fingerprint density at radius 3 is 2.62 bits per heavy atom. The fourth-order valence-corrected chi connectivity index (χ4v) is 1.99. The van der Waals surface area contributed by atoms with Crippen molar-refractivity contribution >= 4 is 17.4 Å². The summed E-state index contributed by atoms with van der Waals surface area (Å²) in [5.74, 6) is 0.469. The van der Waals surface area contributed by atoms with E-state index in [0.29, 0.717) is 31.4 Å². The molecule has 1 N–H and O–H groups in total. The third-order valence-corrected chi connectivity index (χ3v) is 2.91. The zero-order valence-electron chi connectivity index (χ0n) is 12.9. The minimum absolute atomic E-state index is 0.180. The van der Waals surface area contributed by atoms with Crippen molar-refractivity contribution in [3.8, 4) is 0 Å². The molecule has 1 aromatic heterocycles. The molecule has 0 unspecified atom stereocenters. The predicted octanol–water partition coefficient (Wildman–Crippen LogP) is 2.54. The normalized spacial score (nSPS) is 10.5. The Morgan fingerprint density at radius 1 is 1.48 bits per heavy atom. The Balaban J connectivity index is 3.19. The minimum Gasteiger partial charge on any atom is -0.370 e. The fraction of sp³-hybridized carbons (Fsp3) is 0.571. The molecule has 0 bridgehead atoms. The highest BCUT2D eigenvalue weighted by Gasteiger charge is 2.22. The number of nitro groups is 1. The van der Waals surface area contributed by atoms with Crippen LogP contribution in [0.2, 0.25) is 0 Å². The van der Waals surface area contributed by atoms with E-state index in [1.807, 2.05) is 27.7 Å². The van der Waals surface area contributed by atoms with Gasteiger partial charge in [0.2, 0.25) is 0 Å². The maximum absolute atomic E-state index is 12.6. The Bertz CT molecular complexity index is 517. The Morgan fingerprint density at radius 2 is 2.14 bits per heavy atom. The first-order valence-corrected chi connectivity index (χ1v) is 7.08. The smallest absolute Gasteiger partial charge is 0.288 e. The van der Waals surface area contributed by atoms with E-state index in [9.17, 15) is 14.9 Å². The van der Waals surface area contributed by atoms with E-state index < -0.39 is 4.92 Å². The number of amides is 1. The van der Waals surface area contributed by atoms with Crippen molar-refractivity contribution in [2.24, 2.45) is 5.92 Å². The van der Waals surface area contributed by atoms with Gasteiger partial charge in [-0.1, -0.05) is 13.8 Å². The first kappa shape index (κ1) is 16.9. The summed E-state index contributed by atoms with van der Waals surface area (Å²) in [6.07, 6.45) is 1.16. The average molecular weight is 294 g/mol. The van der Waals surface area contributed by atoms with Gasteiger partial charge in [-0.15, -0.1) is 0 Å². The van der Waals surface area contributed by atoms with Gasteiger partial charge in [0.1, 0.15) is 12.0 Å². The van der Waals surface area contributed by atoms with Crippen molar-refractivity contribution in [1.29, 1.82) is 0 Å². The Labute approximate surface area is 124 Å². The van der Waals surface area contributed by atoms with E-state index in [-0.39, 0.29) is 17.2 Å². The van der Waals surface area contributed by atoms with Crippen LogP contribution >= 0.6 is 0 Å². The predicted molar refractivity (Wildman–Crippen MR) is 81.5 cm³/mol. The summed E-state index contributed by atoms with van der Waals surface area (Å²) in [6, 6.07) is 1.29. The lowest BCUT2D eigenvalue weighted by Crippen LogP contribution is -2.34. The van der Waals surface area contributed by atoms with Gasteiger partial charge in [0.25, 0.3) is 11.6 Å². The molecule has 1 rings (SSSR count). The van der Waals surface area contributed by atoms with Gasteiger partial charge in [-0.3, -0.25) is 14.9 Å². The molecule has 0 fully saturated rings. The van der Waals surface area contributed by atoms with Crippen LogP contribution in [0.15, 0.2) is 12.3 Å². The number of nitrogens with one attached hydrogen (secondary N) is 1. The van der Waals surface area contributed by atoms with Crippen LogP contribution in [0, 0.1) is 16.0 Å². The van der Waals surface area contributed by atoms with E-state index in [1.54, 1.807) is 4.90 Å². The average Bonchev–Trinajstić information content (AvgIpc) is 2.44. The molecule has 7 heteroatoms. The molecular formula is C14H22N4O3. The molecule has 0 saturated heterocycles. The number of hydrogen-bond acceptors (Lipinski definition) is 5. The van der Waals surface area contributed by atoms with Gasteiger partial charge >= 0.3 is 0 Å². The fourth-order valence-electron chi connectivity index (χ4n) is 1.99. The maximum atomic E-state index is 12.6. The van der Waals surface area contributed by atoms with E-state index in [4.69, 9.17) is 0 Å². The van der Waals surface area contributed by atoms with Crippen molar-refractivity contribution in [3.63, 3.8) is 0 Å². The highest BCUT2D eigenvalue weighted by molar-refractivity contribution is 5.99. The Kier molecular flexibility index (Phi) is 6.08. The monoisotopic (exact) mass is 294 g/mol. The van der Waals surface area contributed by atoms with Crippen LogP contribution in [-0.2, 0) is 0 Å². The van der Waals surface area contributed by atoms with Crippen LogP contribution in [0.3, 0.4) is 0 Å². The number of carbonyl (C=O) groups is 1. The second-order valence-electron chi connectivity index (χ2n) is 5.11. The van der Waals surface area contributed by atoms with Crippen LogP contribution in [0.5, 0.6) is 0 Å². The van der Waals surface area contributed by atoms with Crippen LogP contribution in [0.1, 0.15) is 38.1 Å². The second kappa shape index (κ2) is 7.56. The molecule has 0 spiro atoms. The molecule has 0 saturated carbocycles. The lowest BCUT2D eigenvalue weighted by molar-refractivity contribution is -0.385. The highest BCUT2D eigenvalue weighted by Crippen LogP contribution is 2.21. The summed E-state index contributed by atoms with van der Waals surface area (Å²) in [7, 11) is 0. The van der Waals surface area contributed by atoms with Crippen LogP contribution < -0.4 is 5.32 Å². The number of nitrogens with zero attached hydrogens (tertiary/aromatic N) is 3.